The molecule has 0 spiro atoms. The summed E-state index contributed by atoms with van der Waals surface area (Å²) in [4.78, 5) is 19.8. The fraction of sp³-hybridized carbons (Fsp3) is 0.152. The number of rotatable bonds is 5. The molecule has 0 bridgehead atoms. The molecule has 1 aliphatic heterocycles. The van der Waals surface area contributed by atoms with Gasteiger partial charge >= 0.3 is 0 Å². The number of hydrogen-bond acceptors (Lipinski definition) is 6. The molecule has 0 N–H and O–H groups in total. The van der Waals surface area contributed by atoms with E-state index in [2.05, 4.69) is 18.2 Å². The first-order valence-electron chi connectivity index (χ1n) is 13.4. The minimum atomic E-state index is -0.338. The zero-order chi connectivity index (χ0) is 29.0. The standard InChI is InChI=1S/C33H24Cl2N2O4S/c1-39-27-13-9-20(16-28(27)40-2)31-23-11-7-18-5-3-4-6-22(18)30(23)36-33-37(31)32(38)29(42-33)17-21-10-14-26(41-21)19-8-12-24(34)25(35)15-19/h3-6,8-10,12-17,31H,7,11H2,1-2H3/b29-17+/t31-/m1/s1. The van der Waals surface area contributed by atoms with Crippen LogP contribution in [-0.2, 0) is 6.42 Å². The fourth-order valence-corrected chi connectivity index (χ4v) is 6.99. The lowest BCUT2D eigenvalue weighted by molar-refractivity contribution is 0.354. The largest absolute Gasteiger partial charge is 0.493 e. The average molecular weight is 616 g/mol. The van der Waals surface area contributed by atoms with Gasteiger partial charge in [-0.15, -0.1) is 0 Å². The minimum Gasteiger partial charge on any atom is -0.493 e. The number of nitrogens with zero attached hydrogens (tertiary/aromatic N) is 2. The van der Waals surface area contributed by atoms with Crippen molar-refractivity contribution in [2.45, 2.75) is 18.9 Å². The number of furan rings is 1. The van der Waals surface area contributed by atoms with Crippen molar-refractivity contribution in [2.24, 2.45) is 4.99 Å². The van der Waals surface area contributed by atoms with Gasteiger partial charge in [0.15, 0.2) is 16.3 Å². The number of aromatic nitrogens is 1. The topological polar surface area (TPSA) is 66.0 Å². The molecule has 0 saturated carbocycles. The highest BCUT2D eigenvalue weighted by atomic mass is 35.5. The van der Waals surface area contributed by atoms with Gasteiger partial charge < -0.3 is 13.9 Å². The van der Waals surface area contributed by atoms with Gasteiger partial charge in [-0.2, -0.15) is 0 Å². The molecule has 5 aromatic rings. The molecule has 0 amide bonds. The molecule has 1 aliphatic carbocycles. The summed E-state index contributed by atoms with van der Waals surface area (Å²) in [6, 6.07) is 22.9. The molecule has 0 radical (unpaired) electrons. The van der Waals surface area contributed by atoms with Crippen LogP contribution in [0.3, 0.4) is 0 Å². The monoisotopic (exact) mass is 614 g/mol. The van der Waals surface area contributed by atoms with E-state index >= 15 is 0 Å². The van der Waals surface area contributed by atoms with Gasteiger partial charge in [-0.05, 0) is 72.0 Å². The van der Waals surface area contributed by atoms with Gasteiger partial charge in [0.2, 0.25) is 0 Å². The molecular formula is C33H24Cl2N2O4S. The second-order valence-corrected chi connectivity index (χ2v) is 11.9. The SMILES string of the molecule is COc1ccc([C@@H]2C3=C(N=c4s/c(=C/c5ccc(-c6ccc(Cl)c(Cl)c6)o5)c(=O)n42)c2ccccc2CC3)cc1OC. The van der Waals surface area contributed by atoms with Crippen LogP contribution in [0.4, 0.5) is 0 Å². The lowest BCUT2D eigenvalue weighted by Crippen LogP contribution is -2.38. The maximum Gasteiger partial charge on any atom is 0.271 e. The van der Waals surface area contributed by atoms with Crippen LogP contribution in [0.2, 0.25) is 10.0 Å². The quantitative estimate of drug-likeness (QED) is 0.216. The van der Waals surface area contributed by atoms with Crippen LogP contribution < -0.4 is 24.4 Å². The summed E-state index contributed by atoms with van der Waals surface area (Å²) in [5.74, 6) is 2.42. The molecule has 6 nitrogen and oxygen atoms in total. The number of allylic oxidation sites excluding steroid dienone is 1. The maximum atomic E-state index is 14.1. The van der Waals surface area contributed by atoms with E-state index in [1.54, 1.807) is 37.0 Å². The average Bonchev–Trinajstić information content (AvgIpc) is 3.61. The van der Waals surface area contributed by atoms with Gasteiger partial charge in [0.25, 0.3) is 5.56 Å². The van der Waals surface area contributed by atoms with Crippen molar-refractivity contribution in [3.8, 4) is 22.8 Å². The highest BCUT2D eigenvalue weighted by Crippen LogP contribution is 2.42. The third-order valence-corrected chi connectivity index (χ3v) is 9.42. The smallest absolute Gasteiger partial charge is 0.271 e. The Morgan fingerprint density at radius 3 is 2.60 bits per heavy atom. The first-order valence-corrected chi connectivity index (χ1v) is 14.9. The number of methoxy groups -OCH3 is 2. The summed E-state index contributed by atoms with van der Waals surface area (Å²) in [5.41, 5.74) is 6.02. The Morgan fingerprint density at radius 2 is 1.79 bits per heavy atom. The highest BCUT2D eigenvalue weighted by Gasteiger charge is 2.33. The van der Waals surface area contributed by atoms with Crippen molar-refractivity contribution in [3.05, 3.63) is 131 Å². The lowest BCUT2D eigenvalue weighted by Gasteiger charge is -2.31. The van der Waals surface area contributed by atoms with Crippen LogP contribution >= 0.6 is 34.5 Å². The van der Waals surface area contributed by atoms with E-state index < -0.39 is 0 Å². The molecule has 2 aromatic heterocycles. The van der Waals surface area contributed by atoms with Crippen LogP contribution in [-0.4, -0.2) is 18.8 Å². The molecule has 0 unspecified atom stereocenters. The number of ether oxygens (including phenoxy) is 2. The number of benzene rings is 3. The van der Waals surface area contributed by atoms with Gasteiger partial charge in [-0.25, -0.2) is 4.99 Å². The Kier molecular flexibility index (Phi) is 6.81. The van der Waals surface area contributed by atoms with Crippen LogP contribution in [0.15, 0.2) is 92.6 Å². The first kappa shape index (κ1) is 26.8. The van der Waals surface area contributed by atoms with Crippen molar-refractivity contribution < 1.29 is 13.9 Å². The summed E-state index contributed by atoms with van der Waals surface area (Å²) in [6.07, 6.45) is 3.44. The van der Waals surface area contributed by atoms with Crippen molar-refractivity contribution in [1.29, 1.82) is 0 Å². The molecule has 42 heavy (non-hydrogen) atoms. The third kappa shape index (κ3) is 4.49. The summed E-state index contributed by atoms with van der Waals surface area (Å²) >= 11 is 13.6. The summed E-state index contributed by atoms with van der Waals surface area (Å²) in [7, 11) is 3.23. The predicted molar refractivity (Wildman–Crippen MR) is 166 cm³/mol. The Morgan fingerprint density at radius 1 is 0.952 bits per heavy atom. The van der Waals surface area contributed by atoms with Gasteiger partial charge in [0, 0.05) is 17.2 Å². The Hall–Kier alpha value is -4.04. The minimum absolute atomic E-state index is 0.128. The summed E-state index contributed by atoms with van der Waals surface area (Å²) in [6.45, 7) is 0. The third-order valence-electron chi connectivity index (χ3n) is 7.70. The van der Waals surface area contributed by atoms with E-state index in [0.29, 0.717) is 42.4 Å². The lowest BCUT2D eigenvalue weighted by atomic mass is 9.83. The number of fused-ring (bicyclic) bond motifs is 3. The molecule has 1 atom stereocenters. The highest BCUT2D eigenvalue weighted by molar-refractivity contribution is 7.07. The van der Waals surface area contributed by atoms with E-state index in [1.807, 2.05) is 42.5 Å². The van der Waals surface area contributed by atoms with Crippen molar-refractivity contribution in [2.75, 3.05) is 14.2 Å². The van der Waals surface area contributed by atoms with Crippen LogP contribution in [0.1, 0.15) is 34.9 Å². The van der Waals surface area contributed by atoms with Gasteiger partial charge in [-0.1, -0.05) is 64.9 Å². The maximum absolute atomic E-state index is 14.1. The van der Waals surface area contributed by atoms with Crippen molar-refractivity contribution in [1.82, 2.24) is 4.57 Å². The molecule has 9 heteroatoms. The molecule has 3 aromatic carbocycles. The molecule has 0 saturated heterocycles. The molecule has 7 rings (SSSR count). The van der Waals surface area contributed by atoms with E-state index in [4.69, 9.17) is 42.1 Å². The number of thiazole rings is 1. The number of aryl methyl sites for hydroxylation is 1. The molecule has 210 valence electrons. The van der Waals surface area contributed by atoms with Crippen LogP contribution in [0.5, 0.6) is 11.5 Å². The Labute approximate surface area is 255 Å². The van der Waals surface area contributed by atoms with Gasteiger partial charge in [-0.3, -0.25) is 9.36 Å². The summed E-state index contributed by atoms with van der Waals surface area (Å²) in [5, 5.41) is 0.920. The number of halogens is 2. The Bertz CT molecular complexity index is 2090. The fourth-order valence-electron chi connectivity index (χ4n) is 5.71. The van der Waals surface area contributed by atoms with E-state index in [0.717, 1.165) is 40.8 Å². The first-order chi connectivity index (χ1) is 20.4. The van der Waals surface area contributed by atoms with Gasteiger partial charge in [0.1, 0.15) is 11.5 Å². The molecule has 3 heterocycles. The second kappa shape index (κ2) is 10.7. The number of hydrogen-bond donors (Lipinski definition) is 0. The van der Waals surface area contributed by atoms with Crippen LogP contribution in [0.25, 0.3) is 23.1 Å². The zero-order valence-corrected chi connectivity index (χ0v) is 25.0. The summed E-state index contributed by atoms with van der Waals surface area (Å²) < 4.78 is 19.5. The Balaban J connectivity index is 1.40. The second-order valence-electron chi connectivity index (χ2n) is 10.1. The van der Waals surface area contributed by atoms with Crippen LogP contribution in [0, 0.1) is 0 Å². The zero-order valence-electron chi connectivity index (χ0n) is 22.7. The van der Waals surface area contributed by atoms with Crippen molar-refractivity contribution >= 4 is 46.3 Å². The normalized spacial score (nSPS) is 16.0. The van der Waals surface area contributed by atoms with Crippen molar-refractivity contribution in [3.63, 3.8) is 0 Å². The molecular weight excluding hydrogens is 591 g/mol. The van der Waals surface area contributed by atoms with Gasteiger partial charge in [0.05, 0.1) is 40.5 Å². The van der Waals surface area contributed by atoms with E-state index in [-0.39, 0.29) is 11.6 Å². The molecule has 0 fully saturated rings. The van der Waals surface area contributed by atoms with E-state index in [1.165, 1.54) is 16.9 Å². The molecule has 2 aliphatic rings. The predicted octanol–water partition coefficient (Wildman–Crippen LogP) is 6.90. The van der Waals surface area contributed by atoms with E-state index in [9.17, 15) is 4.79 Å².